The predicted octanol–water partition coefficient (Wildman–Crippen LogP) is 1.26. The monoisotopic (exact) mass is 200 g/mol. The van der Waals surface area contributed by atoms with Gasteiger partial charge in [-0.15, -0.1) is 5.10 Å². The summed E-state index contributed by atoms with van der Waals surface area (Å²) in [5.74, 6) is 5.95. The molecule has 0 aliphatic rings. The van der Waals surface area contributed by atoms with Crippen molar-refractivity contribution in [3.63, 3.8) is 0 Å². The van der Waals surface area contributed by atoms with E-state index in [1.807, 2.05) is 0 Å². The number of aromatic nitrogens is 2. The van der Waals surface area contributed by atoms with Crippen LogP contribution in [-0.4, -0.2) is 9.59 Å². The first-order valence-electron chi connectivity index (χ1n) is 4.48. The summed E-state index contributed by atoms with van der Waals surface area (Å²) in [5.41, 5.74) is 3.87. The minimum atomic E-state index is 0.176. The molecular weight excluding hydrogens is 184 g/mol. The lowest BCUT2D eigenvalue weighted by atomic mass is 10.0. The van der Waals surface area contributed by atoms with Gasteiger partial charge in [0.1, 0.15) is 0 Å². The van der Waals surface area contributed by atoms with Gasteiger partial charge in [0.25, 0.3) is 0 Å². The van der Waals surface area contributed by atoms with E-state index >= 15 is 0 Å². The average Bonchev–Trinajstić information content (AvgIpc) is 2.53. The van der Waals surface area contributed by atoms with Crippen molar-refractivity contribution in [1.82, 2.24) is 15.0 Å². The van der Waals surface area contributed by atoms with Gasteiger partial charge in [-0.1, -0.05) is 25.3 Å². The van der Waals surface area contributed by atoms with Crippen molar-refractivity contribution in [3.8, 4) is 0 Å². The Morgan fingerprint density at radius 2 is 2.23 bits per heavy atom. The minimum absolute atomic E-state index is 0.176. The summed E-state index contributed by atoms with van der Waals surface area (Å²) >= 11 is 1.43. The zero-order chi connectivity index (χ0) is 9.84. The van der Waals surface area contributed by atoms with E-state index in [1.54, 1.807) is 0 Å². The van der Waals surface area contributed by atoms with Gasteiger partial charge in [-0.25, -0.2) is 0 Å². The quantitative estimate of drug-likeness (QED) is 0.567. The molecule has 1 unspecified atom stereocenters. The van der Waals surface area contributed by atoms with Crippen molar-refractivity contribution < 1.29 is 0 Å². The van der Waals surface area contributed by atoms with Gasteiger partial charge in [0.2, 0.25) is 0 Å². The molecule has 4 nitrogen and oxygen atoms in total. The molecule has 1 aromatic heterocycles. The Labute approximate surface area is 82.7 Å². The maximum Gasteiger partial charge on any atom is 0.0801 e. The Morgan fingerprint density at radius 3 is 2.69 bits per heavy atom. The summed E-state index contributed by atoms with van der Waals surface area (Å²) < 4.78 is 3.94. The fourth-order valence-electron chi connectivity index (χ4n) is 1.27. The zero-order valence-corrected chi connectivity index (χ0v) is 9.06. The van der Waals surface area contributed by atoms with Crippen LogP contribution in [0.5, 0.6) is 0 Å². The maximum atomic E-state index is 5.49. The van der Waals surface area contributed by atoms with Crippen LogP contribution < -0.4 is 11.3 Å². The van der Waals surface area contributed by atoms with E-state index < -0.39 is 0 Å². The van der Waals surface area contributed by atoms with E-state index in [-0.39, 0.29) is 6.04 Å². The first-order valence-corrected chi connectivity index (χ1v) is 5.25. The standard InChI is InChI=1S/C8H16N4S/c1-4-6-8(13-12-11-6)7(10-9)5(2)3/h5,7,10H,4,9H2,1-3H3. The third kappa shape index (κ3) is 2.24. The van der Waals surface area contributed by atoms with Crippen LogP contribution in [0.2, 0.25) is 0 Å². The van der Waals surface area contributed by atoms with Gasteiger partial charge in [0.15, 0.2) is 0 Å². The number of hydrogen-bond donors (Lipinski definition) is 2. The largest absolute Gasteiger partial charge is 0.271 e. The molecule has 1 rings (SSSR count). The highest BCUT2D eigenvalue weighted by molar-refractivity contribution is 7.05. The number of hydrogen-bond acceptors (Lipinski definition) is 5. The van der Waals surface area contributed by atoms with Crippen LogP contribution in [0.25, 0.3) is 0 Å². The molecular formula is C8H16N4S. The number of nitrogens with zero attached hydrogens (tertiary/aromatic N) is 2. The molecule has 0 aromatic carbocycles. The average molecular weight is 200 g/mol. The molecule has 74 valence electrons. The molecule has 0 saturated carbocycles. The third-order valence-electron chi connectivity index (χ3n) is 2.05. The first-order chi connectivity index (χ1) is 6.20. The molecule has 0 radical (unpaired) electrons. The second-order valence-electron chi connectivity index (χ2n) is 3.33. The molecule has 0 amide bonds. The summed E-state index contributed by atoms with van der Waals surface area (Å²) in [6.45, 7) is 6.33. The molecule has 0 saturated heterocycles. The Morgan fingerprint density at radius 1 is 1.54 bits per heavy atom. The number of nitrogens with two attached hydrogens (primary N) is 1. The van der Waals surface area contributed by atoms with Crippen LogP contribution >= 0.6 is 11.5 Å². The van der Waals surface area contributed by atoms with Crippen LogP contribution in [0, 0.1) is 5.92 Å². The Kier molecular flexibility index (Phi) is 3.77. The van der Waals surface area contributed by atoms with E-state index in [2.05, 4.69) is 35.8 Å². The van der Waals surface area contributed by atoms with Crippen molar-refractivity contribution >= 4 is 11.5 Å². The zero-order valence-electron chi connectivity index (χ0n) is 8.24. The van der Waals surface area contributed by atoms with Crippen molar-refractivity contribution in [1.29, 1.82) is 0 Å². The van der Waals surface area contributed by atoms with Gasteiger partial charge >= 0.3 is 0 Å². The number of aryl methyl sites for hydroxylation is 1. The van der Waals surface area contributed by atoms with Gasteiger partial charge in [0, 0.05) is 0 Å². The van der Waals surface area contributed by atoms with Gasteiger partial charge in [-0.2, -0.15) is 0 Å². The topological polar surface area (TPSA) is 63.8 Å². The summed E-state index contributed by atoms with van der Waals surface area (Å²) in [6.07, 6.45) is 0.913. The molecule has 0 fully saturated rings. The molecule has 3 N–H and O–H groups in total. The minimum Gasteiger partial charge on any atom is -0.271 e. The highest BCUT2D eigenvalue weighted by atomic mass is 32.1. The molecule has 1 aromatic rings. The lowest BCUT2D eigenvalue weighted by molar-refractivity contribution is 0.424. The normalized spacial score (nSPS) is 13.6. The smallest absolute Gasteiger partial charge is 0.0801 e. The third-order valence-corrected chi connectivity index (χ3v) is 2.90. The van der Waals surface area contributed by atoms with Crippen molar-refractivity contribution in [3.05, 3.63) is 10.6 Å². The van der Waals surface area contributed by atoms with Crippen LogP contribution in [0.4, 0.5) is 0 Å². The van der Waals surface area contributed by atoms with E-state index in [1.165, 1.54) is 16.4 Å². The van der Waals surface area contributed by atoms with E-state index in [9.17, 15) is 0 Å². The van der Waals surface area contributed by atoms with Crippen molar-refractivity contribution in [2.75, 3.05) is 0 Å². The van der Waals surface area contributed by atoms with Crippen LogP contribution in [0.3, 0.4) is 0 Å². The molecule has 0 spiro atoms. The molecule has 0 bridgehead atoms. The summed E-state index contributed by atoms with van der Waals surface area (Å²) in [6, 6.07) is 0.176. The van der Waals surface area contributed by atoms with Gasteiger partial charge in [-0.3, -0.25) is 11.3 Å². The van der Waals surface area contributed by atoms with E-state index in [4.69, 9.17) is 5.84 Å². The Hall–Kier alpha value is -0.520. The van der Waals surface area contributed by atoms with Gasteiger partial charge in [0.05, 0.1) is 16.6 Å². The lowest BCUT2D eigenvalue weighted by Gasteiger charge is -2.18. The summed E-state index contributed by atoms with van der Waals surface area (Å²) in [5, 5.41) is 4.06. The summed E-state index contributed by atoms with van der Waals surface area (Å²) in [7, 11) is 0. The molecule has 0 aliphatic carbocycles. The number of rotatable bonds is 4. The van der Waals surface area contributed by atoms with Gasteiger partial charge in [-0.05, 0) is 23.9 Å². The molecule has 1 atom stereocenters. The van der Waals surface area contributed by atoms with Crippen molar-refractivity contribution in [2.24, 2.45) is 11.8 Å². The van der Waals surface area contributed by atoms with E-state index in [0.29, 0.717) is 5.92 Å². The van der Waals surface area contributed by atoms with E-state index in [0.717, 1.165) is 12.1 Å². The maximum absolute atomic E-state index is 5.49. The van der Waals surface area contributed by atoms with Crippen molar-refractivity contribution in [2.45, 2.75) is 33.2 Å². The second kappa shape index (κ2) is 4.64. The summed E-state index contributed by atoms with van der Waals surface area (Å²) in [4.78, 5) is 1.17. The molecule has 13 heavy (non-hydrogen) atoms. The Bertz CT molecular complexity index is 258. The lowest BCUT2D eigenvalue weighted by Crippen LogP contribution is -2.31. The van der Waals surface area contributed by atoms with Gasteiger partial charge < -0.3 is 0 Å². The Balaban J connectivity index is 2.90. The fraction of sp³-hybridized carbons (Fsp3) is 0.750. The number of hydrazine groups is 1. The predicted molar refractivity (Wildman–Crippen MR) is 54.2 cm³/mol. The second-order valence-corrected chi connectivity index (χ2v) is 4.11. The van der Waals surface area contributed by atoms with Crippen LogP contribution in [-0.2, 0) is 6.42 Å². The highest BCUT2D eigenvalue weighted by Gasteiger charge is 2.19. The van der Waals surface area contributed by atoms with Crippen LogP contribution in [0.15, 0.2) is 0 Å². The SMILES string of the molecule is CCc1nnsc1C(NN)C(C)C. The molecule has 5 heteroatoms. The van der Waals surface area contributed by atoms with Crippen LogP contribution in [0.1, 0.15) is 37.4 Å². The molecule has 1 heterocycles. The molecule has 0 aliphatic heterocycles. The number of nitrogens with one attached hydrogen (secondary N) is 1. The highest BCUT2D eigenvalue weighted by Crippen LogP contribution is 2.26. The first kappa shape index (κ1) is 10.6. The fourth-order valence-corrected chi connectivity index (χ4v) is 2.24.